The van der Waals surface area contributed by atoms with Crippen LogP contribution < -0.4 is 10.1 Å². The summed E-state index contributed by atoms with van der Waals surface area (Å²) in [7, 11) is 1.67. The summed E-state index contributed by atoms with van der Waals surface area (Å²) < 4.78 is 5.13. The van der Waals surface area contributed by atoms with E-state index < -0.39 is 0 Å². The van der Waals surface area contributed by atoms with E-state index in [2.05, 4.69) is 15.3 Å². The topological polar surface area (TPSA) is 49.9 Å². The SMILES string of the molecule is COc1ccc(-c2nc3c([nH]2)CNC3)cc1. The van der Waals surface area contributed by atoms with Crippen molar-refractivity contribution in [3.63, 3.8) is 0 Å². The van der Waals surface area contributed by atoms with E-state index in [0.717, 1.165) is 35.9 Å². The Labute approximate surface area is 93.7 Å². The third-order valence-corrected chi connectivity index (χ3v) is 2.82. The number of nitrogens with zero attached hydrogens (tertiary/aromatic N) is 1. The molecule has 4 heteroatoms. The first-order valence-corrected chi connectivity index (χ1v) is 5.30. The van der Waals surface area contributed by atoms with Gasteiger partial charge in [0.2, 0.25) is 0 Å². The smallest absolute Gasteiger partial charge is 0.137 e. The third-order valence-electron chi connectivity index (χ3n) is 2.82. The first-order chi connectivity index (χ1) is 7.86. The molecule has 0 spiro atoms. The van der Waals surface area contributed by atoms with Crippen LogP contribution in [-0.2, 0) is 13.1 Å². The molecule has 82 valence electrons. The molecule has 0 aliphatic carbocycles. The van der Waals surface area contributed by atoms with Crippen molar-refractivity contribution < 1.29 is 4.74 Å². The molecule has 0 saturated heterocycles. The fourth-order valence-corrected chi connectivity index (χ4v) is 1.93. The van der Waals surface area contributed by atoms with E-state index in [4.69, 9.17) is 4.74 Å². The number of benzene rings is 1. The molecular weight excluding hydrogens is 202 g/mol. The van der Waals surface area contributed by atoms with Crippen molar-refractivity contribution in [3.8, 4) is 17.1 Å². The van der Waals surface area contributed by atoms with Crippen molar-refractivity contribution >= 4 is 0 Å². The van der Waals surface area contributed by atoms with E-state index in [1.807, 2.05) is 24.3 Å². The molecular formula is C12H13N3O. The van der Waals surface area contributed by atoms with Crippen LogP contribution in [0.3, 0.4) is 0 Å². The van der Waals surface area contributed by atoms with Crippen LogP contribution in [0.15, 0.2) is 24.3 Å². The van der Waals surface area contributed by atoms with Gasteiger partial charge in [0.1, 0.15) is 11.6 Å². The Balaban J connectivity index is 1.95. The molecule has 2 N–H and O–H groups in total. The normalized spacial score (nSPS) is 13.8. The van der Waals surface area contributed by atoms with Crippen LogP contribution in [-0.4, -0.2) is 17.1 Å². The number of hydrogen-bond donors (Lipinski definition) is 2. The number of methoxy groups -OCH3 is 1. The highest BCUT2D eigenvalue weighted by molar-refractivity contribution is 5.57. The zero-order valence-electron chi connectivity index (χ0n) is 9.08. The number of imidazole rings is 1. The Bertz CT molecular complexity index is 480. The first-order valence-electron chi connectivity index (χ1n) is 5.30. The second-order valence-electron chi connectivity index (χ2n) is 3.84. The maximum absolute atomic E-state index is 5.13. The lowest BCUT2D eigenvalue weighted by atomic mass is 10.2. The van der Waals surface area contributed by atoms with Gasteiger partial charge in [-0.05, 0) is 24.3 Å². The van der Waals surface area contributed by atoms with Gasteiger partial charge in [-0.3, -0.25) is 0 Å². The molecule has 0 saturated carbocycles. The summed E-state index contributed by atoms with van der Waals surface area (Å²) in [6.07, 6.45) is 0. The fraction of sp³-hybridized carbons (Fsp3) is 0.250. The predicted octanol–water partition coefficient (Wildman–Crippen LogP) is 1.69. The van der Waals surface area contributed by atoms with Gasteiger partial charge in [-0.25, -0.2) is 4.98 Å². The van der Waals surface area contributed by atoms with E-state index in [1.54, 1.807) is 7.11 Å². The van der Waals surface area contributed by atoms with Crippen LogP contribution in [0.1, 0.15) is 11.4 Å². The molecule has 2 aromatic rings. The maximum atomic E-state index is 5.13. The van der Waals surface area contributed by atoms with Crippen LogP contribution in [0.5, 0.6) is 5.75 Å². The average molecular weight is 215 g/mol. The summed E-state index contributed by atoms with van der Waals surface area (Å²) in [4.78, 5) is 7.89. The molecule has 0 radical (unpaired) electrons. The van der Waals surface area contributed by atoms with E-state index in [1.165, 1.54) is 5.69 Å². The van der Waals surface area contributed by atoms with Gasteiger partial charge in [-0.15, -0.1) is 0 Å². The van der Waals surface area contributed by atoms with Gasteiger partial charge >= 0.3 is 0 Å². The Morgan fingerprint density at radius 3 is 2.69 bits per heavy atom. The number of hydrogen-bond acceptors (Lipinski definition) is 3. The predicted molar refractivity (Wildman–Crippen MR) is 61.1 cm³/mol. The molecule has 0 atom stereocenters. The average Bonchev–Trinajstić information content (AvgIpc) is 2.89. The lowest BCUT2D eigenvalue weighted by Gasteiger charge is -2.01. The lowest BCUT2D eigenvalue weighted by Crippen LogP contribution is -2.02. The zero-order chi connectivity index (χ0) is 11.0. The Morgan fingerprint density at radius 2 is 2.00 bits per heavy atom. The van der Waals surface area contributed by atoms with Crippen molar-refractivity contribution in [1.29, 1.82) is 0 Å². The van der Waals surface area contributed by atoms with Crippen molar-refractivity contribution in [3.05, 3.63) is 35.7 Å². The lowest BCUT2D eigenvalue weighted by molar-refractivity contribution is 0.415. The third kappa shape index (κ3) is 1.47. The summed E-state index contributed by atoms with van der Waals surface area (Å²) in [5.74, 6) is 1.80. The summed E-state index contributed by atoms with van der Waals surface area (Å²) >= 11 is 0. The van der Waals surface area contributed by atoms with Gasteiger partial charge < -0.3 is 15.0 Å². The number of ether oxygens (including phenoxy) is 1. The van der Waals surface area contributed by atoms with Crippen molar-refractivity contribution in [2.75, 3.05) is 7.11 Å². The molecule has 1 aromatic heterocycles. The highest BCUT2D eigenvalue weighted by atomic mass is 16.5. The van der Waals surface area contributed by atoms with Crippen LogP contribution in [0, 0.1) is 0 Å². The highest BCUT2D eigenvalue weighted by Gasteiger charge is 2.15. The highest BCUT2D eigenvalue weighted by Crippen LogP contribution is 2.22. The van der Waals surface area contributed by atoms with Gasteiger partial charge in [0.05, 0.1) is 18.5 Å². The van der Waals surface area contributed by atoms with Crippen molar-refractivity contribution in [2.45, 2.75) is 13.1 Å². The summed E-state index contributed by atoms with van der Waals surface area (Å²) in [6.45, 7) is 1.75. The largest absolute Gasteiger partial charge is 0.497 e. The first kappa shape index (κ1) is 9.42. The maximum Gasteiger partial charge on any atom is 0.137 e. The Hall–Kier alpha value is -1.81. The second-order valence-corrected chi connectivity index (χ2v) is 3.84. The van der Waals surface area contributed by atoms with Crippen LogP contribution in [0.2, 0.25) is 0 Å². The molecule has 16 heavy (non-hydrogen) atoms. The fourth-order valence-electron chi connectivity index (χ4n) is 1.93. The number of nitrogens with one attached hydrogen (secondary N) is 2. The van der Waals surface area contributed by atoms with Gasteiger partial charge in [-0.2, -0.15) is 0 Å². The second kappa shape index (κ2) is 3.64. The molecule has 1 aromatic carbocycles. The Kier molecular flexibility index (Phi) is 2.15. The van der Waals surface area contributed by atoms with E-state index in [0.29, 0.717) is 0 Å². The monoisotopic (exact) mass is 215 g/mol. The van der Waals surface area contributed by atoms with Crippen molar-refractivity contribution in [1.82, 2.24) is 15.3 Å². The minimum absolute atomic E-state index is 0.863. The minimum Gasteiger partial charge on any atom is -0.497 e. The molecule has 3 rings (SSSR count). The van der Waals surface area contributed by atoms with E-state index in [-0.39, 0.29) is 0 Å². The molecule has 1 aliphatic heterocycles. The quantitative estimate of drug-likeness (QED) is 0.801. The number of fused-ring (bicyclic) bond motifs is 1. The number of rotatable bonds is 2. The van der Waals surface area contributed by atoms with Gasteiger partial charge in [-0.1, -0.05) is 0 Å². The standard InChI is InChI=1S/C12H13N3O/c1-16-9-4-2-8(3-5-9)12-14-10-6-13-7-11(10)15-12/h2-5,13H,6-7H2,1H3,(H,14,15). The summed E-state index contributed by atoms with van der Waals surface area (Å²) in [6, 6.07) is 7.92. The van der Waals surface area contributed by atoms with Crippen LogP contribution >= 0.6 is 0 Å². The van der Waals surface area contributed by atoms with Gasteiger partial charge in [0.15, 0.2) is 0 Å². The van der Waals surface area contributed by atoms with Gasteiger partial charge in [0, 0.05) is 18.7 Å². The van der Waals surface area contributed by atoms with Crippen LogP contribution in [0.4, 0.5) is 0 Å². The minimum atomic E-state index is 0.863. The van der Waals surface area contributed by atoms with E-state index >= 15 is 0 Å². The van der Waals surface area contributed by atoms with E-state index in [9.17, 15) is 0 Å². The molecule has 0 bridgehead atoms. The summed E-state index contributed by atoms with van der Waals surface area (Å²) in [5.41, 5.74) is 3.42. The molecule has 0 amide bonds. The number of aromatic amines is 1. The molecule has 0 unspecified atom stereocenters. The molecule has 0 fully saturated rings. The van der Waals surface area contributed by atoms with Crippen LogP contribution in [0.25, 0.3) is 11.4 Å². The summed E-state index contributed by atoms with van der Waals surface area (Å²) in [5, 5.41) is 3.25. The molecule has 2 heterocycles. The number of aromatic nitrogens is 2. The zero-order valence-corrected chi connectivity index (χ0v) is 9.08. The van der Waals surface area contributed by atoms with Crippen molar-refractivity contribution in [2.24, 2.45) is 0 Å². The molecule has 4 nitrogen and oxygen atoms in total. The molecule has 1 aliphatic rings. The van der Waals surface area contributed by atoms with Gasteiger partial charge in [0.25, 0.3) is 0 Å². The Morgan fingerprint density at radius 1 is 1.19 bits per heavy atom. The number of H-pyrrole nitrogens is 1.